The van der Waals surface area contributed by atoms with Crippen LogP contribution in [0.2, 0.25) is 0 Å². The molecule has 2 aromatic rings. The Balaban J connectivity index is 1.62. The first-order valence-corrected chi connectivity index (χ1v) is 48.1. The molecule has 3 aliphatic rings. The first kappa shape index (κ1) is 113. The fourth-order valence-electron chi connectivity index (χ4n) is 15.2. The zero-order valence-corrected chi connectivity index (χ0v) is 80.0. The number of hydrogen-bond donors (Lipinski definition) is 22. The van der Waals surface area contributed by atoms with Gasteiger partial charge in [0.15, 0.2) is 11.7 Å². The van der Waals surface area contributed by atoms with Crippen molar-refractivity contribution in [1.29, 1.82) is 5.41 Å². The van der Waals surface area contributed by atoms with Crippen molar-refractivity contribution in [2.75, 3.05) is 30.9 Å². The maximum absolute atomic E-state index is 15.5. The van der Waals surface area contributed by atoms with E-state index in [2.05, 4.69) is 79.4 Å². The van der Waals surface area contributed by atoms with Crippen LogP contribution in [0, 0.1) is 35.0 Å². The van der Waals surface area contributed by atoms with Crippen LogP contribution in [-0.2, 0) is 107 Å². The third-order valence-corrected chi connectivity index (χ3v) is 25.6. The normalized spacial score (nSPS) is 21.5. The topological polar surface area (TPSA) is 736 Å². The summed E-state index contributed by atoms with van der Waals surface area (Å²) < 4.78 is 2.47. The molecule has 17 amide bonds. The summed E-state index contributed by atoms with van der Waals surface area (Å²) in [4.78, 5) is 299. The maximum Gasteiger partial charge on any atom is 0.305 e. The summed E-state index contributed by atoms with van der Waals surface area (Å²) in [5.74, 6) is -26.9. The average Bonchev–Trinajstić information content (AvgIpc) is 1.65. The summed E-state index contributed by atoms with van der Waals surface area (Å²) in [6.45, 7) is 13.8. The molecule has 3 aliphatic heterocycles. The third-order valence-electron chi connectivity index (χ3n) is 22.7. The number of hydrogen-bond acceptors (Lipinski definition) is 26. The second-order valence-electron chi connectivity index (χ2n) is 34.8. The zero-order chi connectivity index (χ0) is 101. The summed E-state index contributed by atoms with van der Waals surface area (Å²) in [5.41, 5.74) is 22.8. The van der Waals surface area contributed by atoms with E-state index in [0.29, 0.717) is 26.4 Å². The number of nitrogens with zero attached hydrogens (tertiary/aromatic N) is 3. The van der Waals surface area contributed by atoms with Crippen LogP contribution in [0.15, 0.2) is 39.4 Å². The van der Waals surface area contributed by atoms with Gasteiger partial charge in [-0.2, -0.15) is 11.8 Å². The fraction of sp³-hybridized carbons (Fsp3) is 0.640. The summed E-state index contributed by atoms with van der Waals surface area (Å²) in [7, 11) is 0. The van der Waals surface area contributed by atoms with Gasteiger partial charge in [0.05, 0.1) is 28.6 Å². The standard InChI is InChI=1S/C86H132N22O24S3/c1-11-45(8)69-83(131)102-55(34-42(2)3)77(125)101-57(38-66(117)118)78(126)97-51(73(121)100-56(35-47-25-29-92-39-47)79(127)104-67(43(4)5)61(110)36-48(19-22-62(87)111)72(120)96-52(17-14-28-93-86(90)91)75(123)105-68(44(6)7)82(130)95-50(71(89)119)27-32-133-10)16-12-13-30-107-40-49-26-33-134-70(49)85(107)135-41-59(94-46(9)109)80(128)98-53(20-23-64(113)114)74(122)103-58(37-63(88)112)84(132)108-31-15-18-60(108)81(129)99-54(76(124)106-69)21-24-65(115)116/h26,29,33,39-40,42-45,48,50-60,67-69H,11-25,27-28,30-32,34-38,41H2,1-10H3,(H2,87,111)(H2,88,112)(H2,89,119)(H,94,109)(H,95,130)(H,96,120)(H,97,126)(H,98,128)(H,99,129)(H,100,121)(H,101,125)(H,102,131)(H,103,122)(H,104,127)(H,105,123)(H,106,124)(H,113,114)(H,115,116)(H,117,118)(H4,90,91,93)/t45-,48+,50-,51-,52-,53-,54-,55-,56-,57-,58-,59-,60-,67-,68-,69-/m0/s1. The minimum atomic E-state index is -2.07. The number of nitrogens with two attached hydrogens (primary N) is 4. The highest BCUT2D eigenvalue weighted by Crippen LogP contribution is 2.35. The molecular formula is C86H132N22O24S3. The molecule has 135 heavy (non-hydrogen) atoms. The highest BCUT2D eigenvalue weighted by Gasteiger charge is 2.44. The number of rotatable bonds is 43. The summed E-state index contributed by atoms with van der Waals surface area (Å²) in [6, 6.07) is -20.8. The van der Waals surface area contributed by atoms with Crippen molar-refractivity contribution in [3.8, 4) is 0 Å². The lowest BCUT2D eigenvalue weighted by molar-refractivity contribution is -0.144. The lowest BCUT2D eigenvalue weighted by atomic mass is 9.88. The molecular weight excluding hydrogens is 1820 g/mol. The molecule has 0 saturated carbocycles. The Hall–Kier alpha value is -12.3. The number of aromatic nitrogens is 1. The second kappa shape index (κ2) is 56.1. The van der Waals surface area contributed by atoms with Gasteiger partial charge in [0, 0.05) is 94.3 Å². The number of Topliss-reactive ketones (excluding diaryl/α,β-unsaturated/α-hetero) is 1. The predicted molar refractivity (Wildman–Crippen MR) is 497 cm³/mol. The molecule has 1 saturated heterocycles. The van der Waals surface area contributed by atoms with Gasteiger partial charge in [-0.05, 0) is 136 Å². The van der Waals surface area contributed by atoms with E-state index in [0.717, 1.165) is 23.6 Å². The van der Waals surface area contributed by atoms with E-state index < -0.39 is 296 Å². The number of carboxylic acid groups (broad SMARTS) is 3. The molecule has 26 N–H and O–H groups in total. The minimum Gasteiger partial charge on any atom is -0.481 e. The Kier molecular flexibility index (Phi) is 47.1. The van der Waals surface area contributed by atoms with Gasteiger partial charge < -0.3 is 122 Å². The van der Waals surface area contributed by atoms with Crippen LogP contribution in [-0.4, -0.2) is 277 Å². The van der Waals surface area contributed by atoms with Gasteiger partial charge in [-0.15, -0.1) is 23.1 Å². The van der Waals surface area contributed by atoms with Crippen molar-refractivity contribution in [2.45, 2.75) is 293 Å². The van der Waals surface area contributed by atoms with Crippen molar-refractivity contribution in [1.82, 2.24) is 83.9 Å². The molecule has 0 radical (unpaired) electrons. The van der Waals surface area contributed by atoms with Gasteiger partial charge in [-0.3, -0.25) is 111 Å². The molecule has 0 aliphatic carbocycles. The van der Waals surface area contributed by atoms with Crippen LogP contribution < -0.4 is 97.4 Å². The summed E-state index contributed by atoms with van der Waals surface area (Å²) in [5, 5.41) is 76.8. The Labute approximate surface area is 793 Å². The Morgan fingerprint density at radius 1 is 0.615 bits per heavy atom. The van der Waals surface area contributed by atoms with Crippen molar-refractivity contribution in [3.63, 3.8) is 0 Å². The van der Waals surface area contributed by atoms with Crippen molar-refractivity contribution < 1.29 is 116 Å². The van der Waals surface area contributed by atoms with Gasteiger partial charge in [0.2, 0.25) is 100 Å². The quantitative estimate of drug-likeness (QED) is 0.0191. The van der Waals surface area contributed by atoms with Crippen LogP contribution in [0.25, 0.3) is 10.1 Å². The summed E-state index contributed by atoms with van der Waals surface area (Å²) in [6.07, 6.45) is -0.278. The SMILES string of the molecule is CC[C@H](C)[C@@H]1NC(=O)[C@H](CCC(=O)O)NC(=O)[C@@H]2CCCN2C(=O)[C@H](CC(N)=O)NC(=O)[C@H](CCC(=O)O)NC(=O)[C@@H](NC(C)=O)CSc2c3sccc3cn2CCCC[C@@H](C(=O)N[C@@H](CC2=CN=CC2)C(=O)N[C@H](C(=O)C[C@@H](CCC(N)=O)C(=O)N[C@@H](CCCNC(=N)N)C(=O)N[C@H](C(=O)N[C@@H](CCSC)C(N)=O)C(C)C)C(C)C)NC(=O)[C@H](CC(=O)O)NC(=O)[C@H](CC(C)C)NC1=O. The van der Waals surface area contributed by atoms with Crippen molar-refractivity contribution in [3.05, 3.63) is 29.4 Å². The summed E-state index contributed by atoms with van der Waals surface area (Å²) >= 11 is 3.76. The molecule has 0 spiro atoms. The van der Waals surface area contributed by atoms with Gasteiger partial charge >= 0.3 is 17.9 Å². The van der Waals surface area contributed by atoms with E-state index in [1.807, 2.05) is 0 Å². The number of nitrogens with one attached hydrogen (secondary N) is 15. The Morgan fingerprint density at radius 3 is 1.79 bits per heavy atom. The molecule has 5 heterocycles. The van der Waals surface area contributed by atoms with Crippen LogP contribution in [0.1, 0.15) is 197 Å². The molecule has 16 atom stereocenters. The number of aliphatic carboxylic acids is 3. The second-order valence-corrected chi connectivity index (χ2v) is 37.7. The maximum atomic E-state index is 15.5. The number of amides is 17. The molecule has 0 bridgehead atoms. The average molecular weight is 1950 g/mol. The number of carbonyl (C=O) groups is 21. The van der Waals surface area contributed by atoms with Crippen LogP contribution in [0.5, 0.6) is 0 Å². The largest absolute Gasteiger partial charge is 0.481 e. The number of ketones is 1. The first-order valence-electron chi connectivity index (χ1n) is 44.8. The highest BCUT2D eigenvalue weighted by molar-refractivity contribution is 7.99. The predicted octanol–water partition coefficient (Wildman–Crippen LogP) is -2.13. The van der Waals surface area contributed by atoms with Crippen molar-refractivity contribution >= 4 is 181 Å². The molecule has 2 aromatic heterocycles. The van der Waals surface area contributed by atoms with Crippen molar-refractivity contribution in [2.24, 2.45) is 57.5 Å². The van der Waals surface area contributed by atoms with Gasteiger partial charge in [-0.1, -0.05) is 61.8 Å². The molecule has 0 unspecified atom stereocenters. The lowest BCUT2D eigenvalue weighted by Gasteiger charge is -2.31. The number of carboxylic acids is 3. The van der Waals surface area contributed by atoms with E-state index in [1.54, 1.807) is 76.9 Å². The van der Waals surface area contributed by atoms with Gasteiger partial charge in [-0.25, -0.2) is 0 Å². The van der Waals surface area contributed by atoms with Crippen LogP contribution in [0.3, 0.4) is 0 Å². The molecule has 49 heteroatoms. The number of aryl methyl sites for hydroxylation is 1. The Morgan fingerprint density at radius 2 is 1.21 bits per heavy atom. The number of guanidine groups is 1. The first-order chi connectivity index (χ1) is 63.6. The Bertz CT molecular complexity index is 4670. The van der Waals surface area contributed by atoms with Crippen LogP contribution >= 0.6 is 34.9 Å². The van der Waals surface area contributed by atoms with E-state index >= 15 is 14.4 Å². The van der Waals surface area contributed by atoms with E-state index in [4.69, 9.17) is 28.3 Å². The number of aliphatic imine (C=N–C) groups is 1. The molecule has 5 rings (SSSR count). The number of thiophene rings is 1. The molecule has 46 nitrogen and oxygen atoms in total. The number of carbonyl (C=O) groups excluding carboxylic acids is 18. The van der Waals surface area contributed by atoms with Gasteiger partial charge in [0.1, 0.15) is 78.5 Å². The minimum absolute atomic E-state index is 0.00562. The zero-order valence-electron chi connectivity index (χ0n) is 77.5. The van der Waals surface area contributed by atoms with E-state index in [1.165, 1.54) is 42.4 Å². The molecule has 0 aromatic carbocycles. The number of primary amides is 3. The smallest absolute Gasteiger partial charge is 0.305 e. The van der Waals surface area contributed by atoms with E-state index in [9.17, 15) is 102 Å². The number of thioether (sulfide) groups is 2. The highest BCUT2D eigenvalue weighted by atomic mass is 32.2. The third kappa shape index (κ3) is 37.8. The van der Waals surface area contributed by atoms with E-state index in [-0.39, 0.29) is 109 Å². The monoisotopic (exact) mass is 1950 g/mol. The lowest BCUT2D eigenvalue weighted by Crippen LogP contribution is -2.61. The van der Waals surface area contributed by atoms with Gasteiger partial charge in [0.25, 0.3) is 0 Å². The molecule has 1 fully saturated rings. The molecule has 748 valence electrons. The fourth-order valence-corrected chi connectivity index (χ4v) is 17.9. The van der Waals surface area contributed by atoms with Crippen LogP contribution in [0.4, 0.5) is 0 Å². The number of fused-ring (bicyclic) bond motifs is 4.